The average Bonchev–Trinajstić information content (AvgIpc) is 3.15. The van der Waals surface area contributed by atoms with Crippen LogP contribution in [0.1, 0.15) is 16.9 Å². The third kappa shape index (κ3) is 1.94. The molecule has 21 heavy (non-hydrogen) atoms. The highest BCUT2D eigenvalue weighted by molar-refractivity contribution is 7.16. The second-order valence-electron chi connectivity index (χ2n) is 5.00. The molecule has 0 saturated heterocycles. The number of aryl methyl sites for hydroxylation is 1. The van der Waals surface area contributed by atoms with E-state index in [1.807, 2.05) is 0 Å². The molecule has 6 heteroatoms. The lowest BCUT2D eigenvalue weighted by atomic mass is 10.1. The number of nitrogen functional groups attached to an aromatic ring is 1. The molecule has 1 aliphatic rings. The van der Waals surface area contributed by atoms with E-state index in [-0.39, 0.29) is 11.6 Å². The number of anilines is 1. The van der Waals surface area contributed by atoms with E-state index in [0.717, 1.165) is 24.8 Å². The van der Waals surface area contributed by atoms with Gasteiger partial charge in [-0.3, -0.25) is 0 Å². The topological polar surface area (TPSA) is 64.9 Å². The fourth-order valence-electron chi connectivity index (χ4n) is 2.74. The Morgan fingerprint density at radius 2 is 2.10 bits per heavy atom. The van der Waals surface area contributed by atoms with Crippen LogP contribution in [0.3, 0.4) is 0 Å². The number of benzene rings is 1. The third-order valence-electron chi connectivity index (χ3n) is 3.70. The molecule has 1 aliphatic carbocycles. The lowest BCUT2D eigenvalue weighted by Crippen LogP contribution is -1.89. The maximum atomic E-state index is 13.8. The number of fused-ring (bicyclic) bond motifs is 1. The zero-order valence-electron chi connectivity index (χ0n) is 11.1. The summed E-state index contributed by atoms with van der Waals surface area (Å²) in [6.45, 7) is 0. The zero-order valence-corrected chi connectivity index (χ0v) is 11.9. The summed E-state index contributed by atoms with van der Waals surface area (Å²) in [5.74, 6) is 0.263. The predicted molar refractivity (Wildman–Crippen MR) is 79.4 cm³/mol. The first kappa shape index (κ1) is 12.5. The molecule has 1 aromatic carbocycles. The molecule has 2 heterocycles. The number of nitrogens with zero attached hydrogens (tertiary/aromatic N) is 2. The van der Waals surface area contributed by atoms with Gasteiger partial charge in [-0.2, -0.15) is 4.98 Å². The Morgan fingerprint density at radius 1 is 1.24 bits per heavy atom. The molecular formula is C15H12FN3OS. The maximum absolute atomic E-state index is 13.8. The van der Waals surface area contributed by atoms with Gasteiger partial charge >= 0.3 is 0 Å². The first-order chi connectivity index (χ1) is 10.2. The molecule has 0 aliphatic heterocycles. The van der Waals surface area contributed by atoms with Crippen molar-refractivity contribution in [2.45, 2.75) is 19.3 Å². The Kier molecular flexibility index (Phi) is 2.78. The van der Waals surface area contributed by atoms with Gasteiger partial charge in [0.15, 0.2) is 0 Å². The van der Waals surface area contributed by atoms with Crippen molar-refractivity contribution in [3.63, 3.8) is 0 Å². The average molecular weight is 301 g/mol. The summed E-state index contributed by atoms with van der Waals surface area (Å²) < 4.78 is 19.1. The molecule has 4 rings (SSSR count). The number of halogens is 1. The molecule has 3 aromatic rings. The van der Waals surface area contributed by atoms with E-state index < -0.39 is 0 Å². The van der Waals surface area contributed by atoms with Crippen LogP contribution < -0.4 is 5.73 Å². The van der Waals surface area contributed by atoms with E-state index in [0.29, 0.717) is 16.5 Å². The van der Waals surface area contributed by atoms with Crippen LogP contribution in [0, 0.1) is 5.82 Å². The smallest absolute Gasteiger partial charge is 0.261 e. The Labute approximate surface area is 124 Å². The summed E-state index contributed by atoms with van der Waals surface area (Å²) in [5.41, 5.74) is 8.45. The van der Waals surface area contributed by atoms with Crippen LogP contribution in [0.4, 0.5) is 9.39 Å². The fourth-order valence-corrected chi connectivity index (χ4v) is 3.89. The number of hydrogen-bond donors (Lipinski definition) is 1. The van der Waals surface area contributed by atoms with Crippen LogP contribution in [-0.4, -0.2) is 10.1 Å². The van der Waals surface area contributed by atoms with Gasteiger partial charge in [0, 0.05) is 4.88 Å². The number of thiophene rings is 1. The second kappa shape index (κ2) is 4.66. The largest absolute Gasteiger partial charge is 0.390 e. The molecule has 0 fully saturated rings. The van der Waals surface area contributed by atoms with E-state index in [9.17, 15) is 4.39 Å². The van der Waals surface area contributed by atoms with Crippen LogP contribution in [-0.2, 0) is 12.8 Å². The number of rotatable bonds is 2. The molecule has 106 valence electrons. The number of nitrogens with two attached hydrogens (primary N) is 1. The Morgan fingerprint density at radius 3 is 2.95 bits per heavy atom. The standard InChI is InChI=1S/C15H12FN3OS/c16-10-6-2-1-4-8(10)14-18-15(20-19-14)12-9-5-3-7-11(9)21-13(12)17/h1-2,4,6H,3,5,7,17H2. The molecule has 0 saturated carbocycles. The van der Waals surface area contributed by atoms with Gasteiger partial charge < -0.3 is 10.3 Å². The Hall–Kier alpha value is -2.21. The van der Waals surface area contributed by atoms with Crippen LogP contribution in [0.2, 0.25) is 0 Å². The molecule has 0 amide bonds. The minimum absolute atomic E-state index is 0.250. The summed E-state index contributed by atoms with van der Waals surface area (Å²) >= 11 is 1.58. The fraction of sp³-hybridized carbons (Fsp3) is 0.200. The van der Waals surface area contributed by atoms with Crippen LogP contribution >= 0.6 is 11.3 Å². The predicted octanol–water partition coefficient (Wildman–Crippen LogP) is 3.68. The van der Waals surface area contributed by atoms with Crippen LogP contribution in [0.5, 0.6) is 0 Å². The Balaban J connectivity index is 1.81. The molecule has 2 N–H and O–H groups in total. The maximum Gasteiger partial charge on any atom is 0.261 e. The quantitative estimate of drug-likeness (QED) is 0.784. The highest BCUT2D eigenvalue weighted by Crippen LogP contribution is 2.43. The van der Waals surface area contributed by atoms with Crippen LogP contribution in [0.15, 0.2) is 28.8 Å². The van der Waals surface area contributed by atoms with E-state index in [2.05, 4.69) is 10.1 Å². The molecule has 4 nitrogen and oxygen atoms in total. The van der Waals surface area contributed by atoms with Crippen LogP contribution in [0.25, 0.3) is 22.8 Å². The molecule has 0 radical (unpaired) electrons. The minimum Gasteiger partial charge on any atom is -0.390 e. The normalized spacial score (nSPS) is 13.6. The van der Waals surface area contributed by atoms with Crippen molar-refractivity contribution < 1.29 is 8.91 Å². The van der Waals surface area contributed by atoms with Crippen molar-refractivity contribution in [2.24, 2.45) is 0 Å². The first-order valence-electron chi connectivity index (χ1n) is 6.73. The van der Waals surface area contributed by atoms with Crippen molar-refractivity contribution in [1.82, 2.24) is 10.1 Å². The van der Waals surface area contributed by atoms with Gasteiger partial charge in [-0.25, -0.2) is 4.39 Å². The van der Waals surface area contributed by atoms with Gasteiger partial charge in [-0.15, -0.1) is 11.3 Å². The SMILES string of the molecule is Nc1sc2c(c1-c1nc(-c3ccccc3F)no1)CCC2. The lowest BCUT2D eigenvalue weighted by molar-refractivity contribution is 0.432. The van der Waals surface area contributed by atoms with Crippen molar-refractivity contribution in [1.29, 1.82) is 0 Å². The van der Waals surface area contributed by atoms with Gasteiger partial charge in [0.05, 0.1) is 16.1 Å². The van der Waals surface area contributed by atoms with E-state index >= 15 is 0 Å². The van der Waals surface area contributed by atoms with E-state index in [1.54, 1.807) is 29.5 Å². The van der Waals surface area contributed by atoms with Crippen molar-refractivity contribution >= 4 is 16.3 Å². The van der Waals surface area contributed by atoms with Crippen molar-refractivity contribution in [3.8, 4) is 22.8 Å². The van der Waals surface area contributed by atoms with E-state index in [1.165, 1.54) is 16.5 Å². The van der Waals surface area contributed by atoms with Crippen molar-refractivity contribution in [2.75, 3.05) is 5.73 Å². The van der Waals surface area contributed by atoms with Gasteiger partial charge in [0.25, 0.3) is 5.89 Å². The summed E-state index contributed by atoms with van der Waals surface area (Å²) in [5, 5.41) is 4.59. The second-order valence-corrected chi connectivity index (χ2v) is 6.14. The monoisotopic (exact) mass is 301 g/mol. The van der Waals surface area contributed by atoms with E-state index in [4.69, 9.17) is 10.3 Å². The minimum atomic E-state index is -0.367. The number of hydrogen-bond acceptors (Lipinski definition) is 5. The molecule has 0 spiro atoms. The first-order valence-corrected chi connectivity index (χ1v) is 7.54. The highest BCUT2D eigenvalue weighted by atomic mass is 32.1. The molecule has 2 aromatic heterocycles. The summed E-state index contributed by atoms with van der Waals surface area (Å²) in [6.07, 6.45) is 3.16. The molecule has 0 bridgehead atoms. The van der Waals surface area contributed by atoms with Gasteiger partial charge in [0.2, 0.25) is 5.82 Å². The summed E-state index contributed by atoms with van der Waals surface area (Å²) in [7, 11) is 0. The summed E-state index contributed by atoms with van der Waals surface area (Å²) in [6, 6.07) is 6.38. The number of aromatic nitrogens is 2. The Bertz CT molecular complexity index is 824. The molecule has 0 atom stereocenters. The van der Waals surface area contributed by atoms with Gasteiger partial charge in [-0.1, -0.05) is 17.3 Å². The van der Waals surface area contributed by atoms with Gasteiger partial charge in [0.1, 0.15) is 5.82 Å². The lowest BCUT2D eigenvalue weighted by Gasteiger charge is -1.97. The highest BCUT2D eigenvalue weighted by Gasteiger charge is 2.26. The summed E-state index contributed by atoms with van der Waals surface area (Å²) in [4.78, 5) is 5.63. The molecular weight excluding hydrogens is 289 g/mol. The molecule has 0 unspecified atom stereocenters. The third-order valence-corrected chi connectivity index (χ3v) is 4.82. The zero-order chi connectivity index (χ0) is 14.4. The van der Waals surface area contributed by atoms with Crippen molar-refractivity contribution in [3.05, 3.63) is 40.5 Å². The van der Waals surface area contributed by atoms with Gasteiger partial charge in [-0.05, 0) is 37.0 Å².